The average Bonchev–Trinajstić information content (AvgIpc) is 2.92. The zero-order chi connectivity index (χ0) is 29.4. The van der Waals surface area contributed by atoms with Crippen molar-refractivity contribution in [2.24, 2.45) is 17.2 Å². The molecule has 236 valence electrons. The number of aliphatic hydroxyl groups excluding tert-OH is 7. The summed E-state index contributed by atoms with van der Waals surface area (Å²) < 4.78 is 23.7. The Labute approximate surface area is 233 Å². The molecule has 2 saturated heterocycles. The Hall–Kier alpha value is -0.640. The number of hydrogen-bond acceptors (Lipinski definition) is 16. The van der Waals surface area contributed by atoms with E-state index in [1.165, 1.54) is 0 Å². The summed E-state index contributed by atoms with van der Waals surface area (Å²) in [5, 5.41) is 77.1. The molecule has 3 rings (SSSR count). The molecule has 0 spiro atoms. The number of ether oxygens (including phenoxy) is 4. The molecule has 3 fully saturated rings. The van der Waals surface area contributed by atoms with Gasteiger partial charge in [0.2, 0.25) is 0 Å². The summed E-state index contributed by atoms with van der Waals surface area (Å²) >= 11 is 0. The second-order valence-electron chi connectivity index (χ2n) is 10.9. The third kappa shape index (κ3) is 8.93. The van der Waals surface area contributed by atoms with E-state index in [0.717, 1.165) is 0 Å². The lowest BCUT2D eigenvalue weighted by Gasteiger charge is -2.48. The standard InChI is InChI=1S/C24H49N5O11/c25-7-11(32)8-29-14-4-12(26)21(20(36)22(14)40-24-17(35)6-16(34)19(10-31)38-24)39-23-13(27)5-15(33)18(37-23)9-28-2-1-3-30/h11-24,28-36H,1-10,25-27H2/t11?,12-,13+,14+,15-,16-,17+,18+,19+,20-,21?,22-,23+,24+/m0/s1. The van der Waals surface area contributed by atoms with Crippen LogP contribution in [0.4, 0.5) is 0 Å². The van der Waals surface area contributed by atoms with Gasteiger partial charge in [0, 0.05) is 44.7 Å². The quantitative estimate of drug-likeness (QED) is 0.0847. The average molecular weight is 584 g/mol. The van der Waals surface area contributed by atoms with E-state index >= 15 is 0 Å². The summed E-state index contributed by atoms with van der Waals surface area (Å²) in [6, 6.07) is -2.06. The van der Waals surface area contributed by atoms with E-state index in [-0.39, 0.29) is 39.0 Å². The minimum atomic E-state index is -1.38. The van der Waals surface area contributed by atoms with Crippen LogP contribution in [0.15, 0.2) is 0 Å². The van der Waals surface area contributed by atoms with Crippen molar-refractivity contribution in [2.45, 2.75) is 111 Å². The summed E-state index contributed by atoms with van der Waals surface area (Å²) in [6.07, 6.45) is -10.6. The van der Waals surface area contributed by atoms with E-state index in [9.17, 15) is 30.6 Å². The van der Waals surface area contributed by atoms with Crippen LogP contribution < -0.4 is 27.8 Å². The van der Waals surface area contributed by atoms with Gasteiger partial charge in [0.25, 0.3) is 0 Å². The third-order valence-corrected chi connectivity index (χ3v) is 7.66. The highest BCUT2D eigenvalue weighted by Crippen LogP contribution is 2.31. The molecule has 0 amide bonds. The summed E-state index contributed by atoms with van der Waals surface area (Å²) in [4.78, 5) is 0. The predicted octanol–water partition coefficient (Wildman–Crippen LogP) is -6.27. The van der Waals surface area contributed by atoms with Gasteiger partial charge in [-0.05, 0) is 25.8 Å². The van der Waals surface area contributed by atoms with Gasteiger partial charge in [0.15, 0.2) is 12.6 Å². The summed E-state index contributed by atoms with van der Waals surface area (Å²) in [6.45, 7) is 0.443. The molecule has 2 unspecified atom stereocenters. The van der Waals surface area contributed by atoms with Crippen LogP contribution in [0.5, 0.6) is 0 Å². The van der Waals surface area contributed by atoms with Gasteiger partial charge in [-0.1, -0.05) is 0 Å². The van der Waals surface area contributed by atoms with E-state index in [0.29, 0.717) is 19.5 Å². The number of nitrogens with two attached hydrogens (primary N) is 3. The normalized spacial score (nSPS) is 43.5. The number of hydrogen-bond donors (Lipinski definition) is 12. The minimum Gasteiger partial charge on any atom is -0.396 e. The van der Waals surface area contributed by atoms with E-state index in [4.69, 9.17) is 41.3 Å². The van der Waals surface area contributed by atoms with Crippen molar-refractivity contribution in [1.29, 1.82) is 0 Å². The second-order valence-corrected chi connectivity index (χ2v) is 10.9. The highest BCUT2D eigenvalue weighted by Gasteiger charge is 2.49. The van der Waals surface area contributed by atoms with E-state index in [2.05, 4.69) is 10.6 Å². The van der Waals surface area contributed by atoms with Crippen molar-refractivity contribution < 1.29 is 54.7 Å². The van der Waals surface area contributed by atoms with Gasteiger partial charge in [-0.15, -0.1) is 0 Å². The smallest absolute Gasteiger partial charge is 0.184 e. The van der Waals surface area contributed by atoms with Crippen LogP contribution in [0.2, 0.25) is 0 Å². The molecule has 16 heteroatoms. The van der Waals surface area contributed by atoms with Crippen molar-refractivity contribution in [3.05, 3.63) is 0 Å². The molecule has 1 saturated carbocycles. The first-order valence-corrected chi connectivity index (χ1v) is 14.0. The van der Waals surface area contributed by atoms with E-state index < -0.39 is 92.2 Å². The Bertz CT molecular complexity index is 733. The lowest BCUT2D eigenvalue weighted by Crippen LogP contribution is -2.67. The fourth-order valence-corrected chi connectivity index (χ4v) is 5.30. The van der Waals surface area contributed by atoms with Crippen LogP contribution in [0, 0.1) is 0 Å². The van der Waals surface area contributed by atoms with Gasteiger partial charge < -0.3 is 82.5 Å². The van der Waals surface area contributed by atoms with Crippen molar-refractivity contribution in [3.8, 4) is 0 Å². The Balaban J connectivity index is 1.72. The lowest BCUT2D eigenvalue weighted by molar-refractivity contribution is -0.313. The molecule has 0 aromatic heterocycles. The molecule has 0 aromatic carbocycles. The van der Waals surface area contributed by atoms with Crippen LogP contribution in [0.25, 0.3) is 0 Å². The summed E-state index contributed by atoms with van der Waals surface area (Å²) in [5.74, 6) is 0. The molecule has 0 aromatic rings. The number of rotatable bonds is 14. The zero-order valence-electron chi connectivity index (χ0n) is 22.6. The maximum absolute atomic E-state index is 11.4. The highest BCUT2D eigenvalue weighted by molar-refractivity contribution is 5.01. The molecule has 14 atom stereocenters. The Morgan fingerprint density at radius 2 is 1.52 bits per heavy atom. The molecular weight excluding hydrogens is 534 g/mol. The summed E-state index contributed by atoms with van der Waals surface area (Å²) in [5.41, 5.74) is 18.2. The monoisotopic (exact) mass is 583 g/mol. The molecule has 1 aliphatic carbocycles. The largest absolute Gasteiger partial charge is 0.396 e. The van der Waals surface area contributed by atoms with Crippen LogP contribution in [0.3, 0.4) is 0 Å². The molecule has 3 aliphatic rings. The molecule has 16 nitrogen and oxygen atoms in total. The Morgan fingerprint density at radius 1 is 0.850 bits per heavy atom. The van der Waals surface area contributed by atoms with E-state index in [1.807, 2.05) is 0 Å². The first kappa shape index (κ1) is 33.9. The zero-order valence-corrected chi connectivity index (χ0v) is 22.6. The fourth-order valence-electron chi connectivity index (χ4n) is 5.30. The minimum absolute atomic E-state index is 0.00485. The summed E-state index contributed by atoms with van der Waals surface area (Å²) in [7, 11) is 0. The highest BCUT2D eigenvalue weighted by atomic mass is 16.7. The lowest BCUT2D eigenvalue weighted by atomic mass is 9.83. The Kier molecular flexibility index (Phi) is 13.8. The molecule has 0 bridgehead atoms. The van der Waals surface area contributed by atoms with Gasteiger partial charge >= 0.3 is 0 Å². The first-order chi connectivity index (χ1) is 19.1. The fraction of sp³-hybridized carbons (Fsp3) is 1.00. The third-order valence-electron chi connectivity index (χ3n) is 7.66. The maximum atomic E-state index is 11.4. The van der Waals surface area contributed by atoms with Crippen LogP contribution in [-0.2, 0) is 18.9 Å². The van der Waals surface area contributed by atoms with Crippen LogP contribution >= 0.6 is 0 Å². The maximum Gasteiger partial charge on any atom is 0.184 e. The molecule has 15 N–H and O–H groups in total. The SMILES string of the molecule is NCC(O)CN[C@@H]1C[C@H](N)C(O[C@H]2O[C@H](CNCCCO)[C@@H](O)C[C@H]2N)[C@H](O)[C@H]1O[C@H]1O[C@H](CO)[C@@H](O)C[C@H]1O. The molecule has 0 radical (unpaired) electrons. The van der Waals surface area contributed by atoms with E-state index in [1.54, 1.807) is 0 Å². The predicted molar refractivity (Wildman–Crippen MR) is 139 cm³/mol. The van der Waals surface area contributed by atoms with Crippen molar-refractivity contribution in [2.75, 3.05) is 39.4 Å². The van der Waals surface area contributed by atoms with Gasteiger partial charge in [-0.25, -0.2) is 0 Å². The van der Waals surface area contributed by atoms with Gasteiger partial charge in [-0.3, -0.25) is 0 Å². The van der Waals surface area contributed by atoms with Gasteiger partial charge in [0.1, 0.15) is 30.5 Å². The van der Waals surface area contributed by atoms with Crippen LogP contribution in [0.1, 0.15) is 25.7 Å². The van der Waals surface area contributed by atoms with Crippen LogP contribution in [-0.4, -0.2) is 161 Å². The topological polar surface area (TPSA) is 281 Å². The molecule has 2 heterocycles. The molecule has 2 aliphatic heterocycles. The van der Waals surface area contributed by atoms with Crippen molar-refractivity contribution >= 4 is 0 Å². The van der Waals surface area contributed by atoms with Crippen molar-refractivity contribution in [1.82, 2.24) is 10.6 Å². The first-order valence-electron chi connectivity index (χ1n) is 14.0. The van der Waals surface area contributed by atoms with Gasteiger partial charge in [-0.2, -0.15) is 0 Å². The van der Waals surface area contributed by atoms with Gasteiger partial charge in [0.05, 0.1) is 37.1 Å². The molecule has 40 heavy (non-hydrogen) atoms. The van der Waals surface area contributed by atoms with Crippen molar-refractivity contribution in [3.63, 3.8) is 0 Å². The number of aliphatic hydroxyl groups is 7. The second kappa shape index (κ2) is 16.3. The Morgan fingerprint density at radius 3 is 2.20 bits per heavy atom. The molecular formula is C24H49N5O11. The number of nitrogens with one attached hydrogen (secondary N) is 2.